The Kier molecular flexibility index (Phi) is 16.7. The fourth-order valence-electron chi connectivity index (χ4n) is 11.2. The molecule has 1 aliphatic carbocycles. The second-order valence-electron chi connectivity index (χ2n) is 20.1. The van der Waals surface area contributed by atoms with Crippen LogP contribution in [0.25, 0.3) is 0 Å². The van der Waals surface area contributed by atoms with Gasteiger partial charge in [-0.25, -0.2) is 0 Å². The van der Waals surface area contributed by atoms with E-state index in [1.165, 1.54) is 0 Å². The van der Waals surface area contributed by atoms with Gasteiger partial charge in [-0.2, -0.15) is 0 Å². The molecule has 0 radical (unpaired) electrons. The Morgan fingerprint density at radius 1 is 0.521 bits per heavy atom. The number of methoxy groups -OCH3 is 3. The molecule has 12 atom stereocenters. The second kappa shape index (κ2) is 22.9. The summed E-state index contributed by atoms with van der Waals surface area (Å²) in [5.74, 6) is -2.52. The molecule has 3 heterocycles. The zero-order valence-corrected chi connectivity index (χ0v) is 43.3. The van der Waals surface area contributed by atoms with Crippen LogP contribution in [-0.2, 0) is 76.4 Å². The van der Waals surface area contributed by atoms with Crippen LogP contribution in [0.5, 0.6) is 0 Å². The monoisotopic (exact) mass is 988 g/mol. The van der Waals surface area contributed by atoms with Gasteiger partial charge in [-0.3, -0.25) is 0 Å². The van der Waals surface area contributed by atoms with Crippen molar-refractivity contribution in [1.82, 2.24) is 0 Å². The van der Waals surface area contributed by atoms with E-state index in [1.807, 2.05) is 110 Å². The Morgan fingerprint density at radius 3 is 1.41 bits per heavy atom. The molecule has 0 aromatic heterocycles. The Hall–Kier alpha value is -4.16. The third-order valence-electron chi connectivity index (χ3n) is 14.7. The van der Waals surface area contributed by atoms with Crippen molar-refractivity contribution < 1.29 is 56.5 Å². The first-order valence-electron chi connectivity index (χ1n) is 25.2. The highest BCUT2D eigenvalue weighted by atomic mass is 28.4. The van der Waals surface area contributed by atoms with E-state index in [9.17, 15) is 0 Å². The Bertz CT molecular complexity index is 2340. The number of rotatable bonds is 19. The third-order valence-corrected chi connectivity index (χ3v) is 19.7. The molecular formula is C58H72O12Si. The zero-order valence-electron chi connectivity index (χ0n) is 42.3. The minimum atomic E-state index is -3.05. The van der Waals surface area contributed by atoms with Crippen molar-refractivity contribution in [3.63, 3.8) is 0 Å². The van der Waals surface area contributed by atoms with Crippen molar-refractivity contribution in [2.45, 2.75) is 151 Å². The average molecular weight is 989 g/mol. The number of ether oxygens (including phenoxy) is 11. The van der Waals surface area contributed by atoms with E-state index in [-0.39, 0.29) is 18.3 Å². The van der Waals surface area contributed by atoms with Crippen LogP contribution < -0.4 is 10.4 Å². The quantitative estimate of drug-likeness (QED) is 0.0738. The smallest absolute Gasteiger partial charge is 0.261 e. The van der Waals surface area contributed by atoms with Gasteiger partial charge in [0.2, 0.25) is 11.6 Å². The van der Waals surface area contributed by atoms with Crippen molar-refractivity contribution in [2.75, 3.05) is 27.9 Å². The molecule has 12 unspecified atom stereocenters. The molecule has 0 spiro atoms. The van der Waals surface area contributed by atoms with Crippen LogP contribution in [0, 0.1) is 0 Å². The molecule has 13 heteroatoms. The fraction of sp³-hybridized carbons (Fsp3) is 0.483. The van der Waals surface area contributed by atoms with Gasteiger partial charge in [-0.15, -0.1) is 0 Å². The summed E-state index contributed by atoms with van der Waals surface area (Å²) in [6.07, 6.45) is -4.99. The van der Waals surface area contributed by atoms with E-state index in [0.717, 1.165) is 39.9 Å². The predicted octanol–water partition coefficient (Wildman–Crippen LogP) is 8.86. The first-order valence-corrected chi connectivity index (χ1v) is 27.1. The van der Waals surface area contributed by atoms with Gasteiger partial charge < -0.3 is 56.5 Å². The number of benzene rings is 5. The van der Waals surface area contributed by atoms with E-state index in [4.69, 9.17) is 56.5 Å². The molecule has 0 bridgehead atoms. The van der Waals surface area contributed by atoms with Crippen LogP contribution in [0.15, 0.2) is 152 Å². The lowest BCUT2D eigenvalue weighted by molar-refractivity contribution is -0.501. The Morgan fingerprint density at radius 2 is 0.958 bits per heavy atom. The predicted molar refractivity (Wildman–Crippen MR) is 271 cm³/mol. The van der Waals surface area contributed by atoms with Crippen molar-refractivity contribution in [3.8, 4) is 0 Å². The van der Waals surface area contributed by atoms with Crippen LogP contribution >= 0.6 is 0 Å². The highest BCUT2D eigenvalue weighted by molar-refractivity contribution is 6.99. The van der Waals surface area contributed by atoms with E-state index in [0.29, 0.717) is 26.1 Å². The Balaban J connectivity index is 1.09. The number of hydrogen-bond acceptors (Lipinski definition) is 12. The van der Waals surface area contributed by atoms with Gasteiger partial charge in [-0.05, 0) is 51.9 Å². The summed E-state index contributed by atoms with van der Waals surface area (Å²) >= 11 is 0. The number of fused-ring (bicyclic) bond motifs is 2. The van der Waals surface area contributed by atoms with Gasteiger partial charge in [0.05, 0.1) is 32.5 Å². The largest absolute Gasteiger partial charge is 0.405 e. The van der Waals surface area contributed by atoms with Crippen LogP contribution in [0.1, 0.15) is 70.1 Å². The summed E-state index contributed by atoms with van der Waals surface area (Å²) in [7, 11) is 1.87. The molecule has 5 aromatic rings. The van der Waals surface area contributed by atoms with Gasteiger partial charge >= 0.3 is 0 Å². The Labute approximate surface area is 421 Å². The van der Waals surface area contributed by atoms with Gasteiger partial charge in [0.25, 0.3) is 8.32 Å². The van der Waals surface area contributed by atoms with E-state index < -0.39 is 81.3 Å². The molecule has 5 aromatic carbocycles. The van der Waals surface area contributed by atoms with Gasteiger partial charge in [-0.1, -0.05) is 172 Å². The summed E-state index contributed by atoms with van der Waals surface area (Å²) < 4.78 is 83.5. The molecule has 4 aliphatic rings. The molecular weight excluding hydrogens is 917 g/mol. The lowest BCUT2D eigenvalue weighted by Crippen LogP contribution is -2.76. The SMILES string of the molecule is COC1OC(CO[Si](c2ccccc2)(c2ccccc2)C(C)(C)C)C2OC3(OC)CCCCC3(OC)OC2C1OC1OC(C)C(OCc2ccccc2)C(OCc2ccccc2)C1OCc1ccccc1. The molecule has 0 amide bonds. The highest BCUT2D eigenvalue weighted by Gasteiger charge is 2.68. The van der Waals surface area contributed by atoms with Crippen molar-refractivity contribution in [1.29, 1.82) is 0 Å². The maximum Gasteiger partial charge on any atom is 0.261 e. The third kappa shape index (κ3) is 10.8. The number of hydrogen-bond donors (Lipinski definition) is 0. The molecule has 71 heavy (non-hydrogen) atoms. The summed E-state index contributed by atoms with van der Waals surface area (Å²) in [5, 5.41) is 2.00. The summed E-state index contributed by atoms with van der Waals surface area (Å²) in [5.41, 5.74) is 3.01. The van der Waals surface area contributed by atoms with Gasteiger partial charge in [0.1, 0.15) is 42.7 Å². The maximum atomic E-state index is 7.57. The standard InChI is InChI=1S/C58H72O12Si/c1-41-48(62-37-42-25-13-8-14-26-42)50(63-38-43-27-15-9-16-28-43)52(64-39-44-29-17-10-18-30-44)55(66-41)68-53-51-49(69-57(60-6)35-23-24-36-58(57,61-7)70-51)47(67-54(53)59-5)40-65-71(56(2,3)4,45-31-19-11-20-32-45)46-33-21-12-22-34-46/h8-22,25-34,41,47-55H,23-24,35-40H2,1-7H3. The lowest BCUT2D eigenvalue weighted by atomic mass is 9.83. The second-order valence-corrected chi connectivity index (χ2v) is 24.4. The minimum absolute atomic E-state index is 0.153. The fourth-order valence-corrected chi connectivity index (χ4v) is 15.7. The van der Waals surface area contributed by atoms with E-state index in [1.54, 1.807) is 21.3 Å². The lowest BCUT2D eigenvalue weighted by Gasteiger charge is -2.61. The maximum absolute atomic E-state index is 7.57. The summed E-state index contributed by atoms with van der Waals surface area (Å²) in [6.45, 7) is 9.82. The molecule has 0 N–H and O–H groups in total. The zero-order chi connectivity index (χ0) is 49.5. The molecule has 3 aliphatic heterocycles. The molecule has 380 valence electrons. The van der Waals surface area contributed by atoms with Crippen LogP contribution in [0.3, 0.4) is 0 Å². The molecule has 1 saturated carbocycles. The van der Waals surface area contributed by atoms with Crippen molar-refractivity contribution in [3.05, 3.63) is 168 Å². The summed E-state index contributed by atoms with van der Waals surface area (Å²) in [4.78, 5) is 0. The first-order chi connectivity index (χ1) is 34.5. The van der Waals surface area contributed by atoms with Crippen LogP contribution in [0.2, 0.25) is 5.04 Å². The van der Waals surface area contributed by atoms with Crippen molar-refractivity contribution >= 4 is 18.7 Å². The minimum Gasteiger partial charge on any atom is -0.405 e. The first kappa shape index (κ1) is 51.7. The highest BCUT2D eigenvalue weighted by Crippen LogP contribution is 2.52. The van der Waals surface area contributed by atoms with Crippen LogP contribution in [-0.4, -0.2) is 109 Å². The normalized spacial score (nSPS) is 31.1. The van der Waals surface area contributed by atoms with E-state index in [2.05, 4.69) is 69.3 Å². The van der Waals surface area contributed by atoms with Gasteiger partial charge in [0.15, 0.2) is 12.6 Å². The van der Waals surface area contributed by atoms with E-state index >= 15 is 0 Å². The topological polar surface area (TPSA) is 111 Å². The molecule has 3 saturated heterocycles. The average Bonchev–Trinajstić information content (AvgIpc) is 3.40. The summed E-state index contributed by atoms with van der Waals surface area (Å²) in [6, 6.07) is 51.4. The van der Waals surface area contributed by atoms with Gasteiger partial charge in [0, 0.05) is 34.2 Å². The molecule has 12 nitrogen and oxygen atoms in total. The molecule has 4 fully saturated rings. The molecule has 9 rings (SSSR count). The van der Waals surface area contributed by atoms with Crippen molar-refractivity contribution in [2.24, 2.45) is 0 Å². The van der Waals surface area contributed by atoms with Crippen LogP contribution in [0.4, 0.5) is 0 Å².